The predicted octanol–water partition coefficient (Wildman–Crippen LogP) is 1.60. The van der Waals surface area contributed by atoms with Gasteiger partial charge in [-0.2, -0.15) is 10.5 Å². The van der Waals surface area contributed by atoms with Crippen LogP contribution >= 0.6 is 0 Å². The first-order valence-corrected chi connectivity index (χ1v) is 8.33. The number of rotatable bonds is 4. The third kappa shape index (κ3) is 4.43. The van der Waals surface area contributed by atoms with Gasteiger partial charge in [0.1, 0.15) is 0 Å². The normalized spacial score (nSPS) is 34.3. The van der Waals surface area contributed by atoms with E-state index in [2.05, 4.69) is 21.9 Å². The van der Waals surface area contributed by atoms with Crippen LogP contribution in [0.25, 0.3) is 0 Å². The summed E-state index contributed by atoms with van der Waals surface area (Å²) in [5.41, 5.74) is -0.551. The molecule has 2 saturated heterocycles. The molecule has 2 aliphatic rings. The van der Waals surface area contributed by atoms with Crippen molar-refractivity contribution < 1.29 is 5.11 Å². The Bertz CT molecular complexity index is 426. The molecule has 0 aromatic heterocycles. The number of nitrogens with zero attached hydrogens (tertiary/aromatic N) is 4. The van der Waals surface area contributed by atoms with Gasteiger partial charge in [-0.15, -0.1) is 0 Å². The quantitative estimate of drug-likeness (QED) is 0.854. The average molecular weight is 304 g/mol. The van der Waals surface area contributed by atoms with E-state index in [4.69, 9.17) is 0 Å². The van der Waals surface area contributed by atoms with E-state index < -0.39 is 6.10 Å². The van der Waals surface area contributed by atoms with Gasteiger partial charge >= 0.3 is 0 Å². The SMILES string of the molecule is C[C@]1(C#N)CCCN(CC(O)CN2CCC[C@](C)(C#N)C2)C1. The number of hydrogen-bond donors (Lipinski definition) is 1. The zero-order chi connectivity index (χ0) is 16.2. The Morgan fingerprint density at radius 3 is 1.73 bits per heavy atom. The van der Waals surface area contributed by atoms with Crippen molar-refractivity contribution in [3.63, 3.8) is 0 Å². The van der Waals surface area contributed by atoms with Gasteiger partial charge in [-0.25, -0.2) is 0 Å². The van der Waals surface area contributed by atoms with Crippen molar-refractivity contribution >= 4 is 0 Å². The van der Waals surface area contributed by atoms with E-state index in [1.807, 2.05) is 13.8 Å². The summed E-state index contributed by atoms with van der Waals surface area (Å²) in [5.74, 6) is 0. The highest BCUT2D eigenvalue weighted by molar-refractivity contribution is 5.01. The van der Waals surface area contributed by atoms with Gasteiger partial charge in [0.2, 0.25) is 0 Å². The molecule has 122 valence electrons. The fourth-order valence-corrected chi connectivity index (χ4v) is 3.84. The van der Waals surface area contributed by atoms with Gasteiger partial charge in [0.25, 0.3) is 0 Å². The highest BCUT2D eigenvalue weighted by atomic mass is 16.3. The zero-order valence-corrected chi connectivity index (χ0v) is 13.9. The van der Waals surface area contributed by atoms with Gasteiger partial charge in [-0.05, 0) is 52.6 Å². The van der Waals surface area contributed by atoms with Crippen molar-refractivity contribution in [3.05, 3.63) is 0 Å². The molecule has 0 spiro atoms. The molecule has 0 unspecified atom stereocenters. The van der Waals surface area contributed by atoms with E-state index in [0.29, 0.717) is 13.1 Å². The number of β-amino-alcohol motifs (C(OH)–C–C–N with tert-alkyl or cyclic N) is 1. The smallest absolute Gasteiger partial charge is 0.0793 e. The third-order valence-electron chi connectivity index (χ3n) is 5.03. The van der Waals surface area contributed by atoms with Crippen molar-refractivity contribution in [3.8, 4) is 12.1 Å². The summed E-state index contributed by atoms with van der Waals surface area (Å²) in [4.78, 5) is 4.43. The van der Waals surface area contributed by atoms with Crippen molar-refractivity contribution in [1.29, 1.82) is 10.5 Å². The lowest BCUT2D eigenvalue weighted by Crippen LogP contribution is -2.49. The second-order valence-corrected chi connectivity index (χ2v) is 7.68. The Labute approximate surface area is 134 Å². The van der Waals surface area contributed by atoms with Gasteiger partial charge in [-0.3, -0.25) is 9.80 Å². The molecule has 0 radical (unpaired) electrons. The van der Waals surface area contributed by atoms with Crippen LogP contribution < -0.4 is 0 Å². The zero-order valence-electron chi connectivity index (χ0n) is 13.9. The summed E-state index contributed by atoms with van der Waals surface area (Å²) >= 11 is 0. The average Bonchev–Trinajstić information content (AvgIpc) is 2.47. The second-order valence-electron chi connectivity index (χ2n) is 7.68. The number of aliphatic hydroxyl groups excluding tert-OH is 1. The maximum Gasteiger partial charge on any atom is 0.0793 e. The molecule has 0 amide bonds. The molecule has 5 nitrogen and oxygen atoms in total. The van der Waals surface area contributed by atoms with E-state index in [0.717, 1.165) is 51.9 Å². The van der Waals surface area contributed by atoms with Crippen LogP contribution in [0.15, 0.2) is 0 Å². The first-order valence-electron chi connectivity index (χ1n) is 8.33. The first kappa shape index (κ1) is 17.2. The standard InChI is InChI=1S/C17H28N4O/c1-16(11-18)5-3-7-20(13-16)9-15(22)10-21-8-4-6-17(2,12-19)14-21/h15,22H,3-10,13-14H2,1-2H3/t16-,17-/m1/s1. The van der Waals surface area contributed by atoms with E-state index in [1.165, 1.54) is 0 Å². The minimum Gasteiger partial charge on any atom is -0.390 e. The van der Waals surface area contributed by atoms with Gasteiger partial charge in [0.05, 0.1) is 29.1 Å². The number of hydrogen-bond acceptors (Lipinski definition) is 5. The van der Waals surface area contributed by atoms with Crippen molar-refractivity contribution in [2.75, 3.05) is 39.3 Å². The Kier molecular flexibility index (Phi) is 5.45. The molecule has 1 N–H and O–H groups in total. The predicted molar refractivity (Wildman–Crippen MR) is 84.8 cm³/mol. The van der Waals surface area contributed by atoms with E-state index in [9.17, 15) is 15.6 Å². The molecule has 2 aliphatic heterocycles. The Morgan fingerprint density at radius 1 is 0.955 bits per heavy atom. The van der Waals surface area contributed by atoms with E-state index in [1.54, 1.807) is 0 Å². The van der Waals surface area contributed by atoms with Crippen LogP contribution in [-0.2, 0) is 0 Å². The summed E-state index contributed by atoms with van der Waals surface area (Å²) in [6, 6.07) is 4.83. The molecule has 0 bridgehead atoms. The van der Waals surface area contributed by atoms with Gasteiger partial charge < -0.3 is 5.11 Å². The molecule has 5 heteroatoms. The maximum atomic E-state index is 10.4. The lowest BCUT2D eigenvalue weighted by Gasteiger charge is -2.39. The highest BCUT2D eigenvalue weighted by Crippen LogP contribution is 2.30. The highest BCUT2D eigenvalue weighted by Gasteiger charge is 2.34. The molecule has 0 saturated carbocycles. The van der Waals surface area contributed by atoms with Crippen molar-refractivity contribution in [2.45, 2.75) is 45.6 Å². The molecule has 22 heavy (non-hydrogen) atoms. The van der Waals surface area contributed by atoms with E-state index >= 15 is 0 Å². The number of piperidine rings is 2. The van der Waals surface area contributed by atoms with Gasteiger partial charge in [0.15, 0.2) is 0 Å². The molecular formula is C17H28N4O. The van der Waals surface area contributed by atoms with Crippen LogP contribution in [0.3, 0.4) is 0 Å². The monoisotopic (exact) mass is 304 g/mol. The van der Waals surface area contributed by atoms with Crippen LogP contribution in [0.2, 0.25) is 0 Å². The lowest BCUT2D eigenvalue weighted by atomic mass is 9.83. The second kappa shape index (κ2) is 6.96. The first-order chi connectivity index (χ1) is 10.4. The summed E-state index contributed by atoms with van der Waals surface area (Å²) in [6.45, 7) is 8.68. The molecular weight excluding hydrogens is 276 g/mol. The van der Waals surface area contributed by atoms with Crippen molar-refractivity contribution in [2.24, 2.45) is 10.8 Å². The van der Waals surface area contributed by atoms with Crippen LogP contribution in [0, 0.1) is 33.5 Å². The third-order valence-corrected chi connectivity index (χ3v) is 5.03. The maximum absolute atomic E-state index is 10.4. The van der Waals surface area contributed by atoms with Gasteiger partial charge in [0, 0.05) is 26.2 Å². The van der Waals surface area contributed by atoms with Crippen molar-refractivity contribution in [1.82, 2.24) is 9.80 Å². The fourth-order valence-electron chi connectivity index (χ4n) is 3.84. The van der Waals surface area contributed by atoms with Crippen LogP contribution in [-0.4, -0.2) is 60.3 Å². The number of likely N-dealkylation sites (tertiary alicyclic amines) is 2. The fraction of sp³-hybridized carbons (Fsp3) is 0.882. The Balaban J connectivity index is 1.82. The van der Waals surface area contributed by atoms with E-state index in [-0.39, 0.29) is 10.8 Å². The number of aliphatic hydroxyl groups is 1. The minimum absolute atomic E-state index is 0.275. The Hall–Kier alpha value is -1.14. The summed E-state index contributed by atoms with van der Waals surface area (Å²) in [5, 5.41) is 28.9. The van der Waals surface area contributed by atoms with Crippen LogP contribution in [0.4, 0.5) is 0 Å². The number of nitriles is 2. The lowest BCUT2D eigenvalue weighted by molar-refractivity contribution is 0.0327. The van der Waals surface area contributed by atoms with Crippen LogP contribution in [0.1, 0.15) is 39.5 Å². The summed E-state index contributed by atoms with van der Waals surface area (Å²) in [7, 11) is 0. The molecule has 0 aliphatic carbocycles. The molecule has 0 aromatic carbocycles. The Morgan fingerprint density at radius 2 is 1.36 bits per heavy atom. The molecule has 2 rings (SSSR count). The topological polar surface area (TPSA) is 74.3 Å². The molecule has 2 heterocycles. The molecule has 0 aromatic rings. The molecule has 2 atom stereocenters. The van der Waals surface area contributed by atoms with Gasteiger partial charge in [-0.1, -0.05) is 0 Å². The summed E-state index contributed by atoms with van der Waals surface area (Å²) in [6.07, 6.45) is 3.52. The largest absolute Gasteiger partial charge is 0.390 e. The minimum atomic E-state index is -0.415. The summed E-state index contributed by atoms with van der Waals surface area (Å²) < 4.78 is 0. The molecule has 2 fully saturated rings. The van der Waals surface area contributed by atoms with Crippen LogP contribution in [0.5, 0.6) is 0 Å².